The molecule has 2 aromatic rings. The monoisotopic (exact) mass is 287 g/mol. The van der Waals surface area contributed by atoms with Gasteiger partial charge in [-0.1, -0.05) is 19.1 Å². The van der Waals surface area contributed by atoms with Crippen molar-refractivity contribution in [3.8, 4) is 0 Å². The molecule has 0 bridgehead atoms. The number of nitrogens with zero attached hydrogens (tertiary/aromatic N) is 3. The molecular weight excluding hydrogens is 266 g/mol. The van der Waals surface area contributed by atoms with Crippen LogP contribution in [0.4, 0.5) is 11.8 Å². The summed E-state index contributed by atoms with van der Waals surface area (Å²) in [5, 5.41) is 4.34. The highest BCUT2D eigenvalue weighted by atomic mass is 16.5. The first-order valence-electron chi connectivity index (χ1n) is 7.36. The SMILES string of the molecule is CCN1CCOC(CNc2nc(N)nc3ccccc23)C1. The minimum Gasteiger partial charge on any atom is -0.374 e. The Kier molecular flexibility index (Phi) is 4.17. The fourth-order valence-corrected chi connectivity index (χ4v) is 2.63. The highest BCUT2D eigenvalue weighted by Gasteiger charge is 2.19. The lowest BCUT2D eigenvalue weighted by Gasteiger charge is -2.32. The van der Waals surface area contributed by atoms with Crippen LogP contribution >= 0.6 is 0 Å². The van der Waals surface area contributed by atoms with Crippen molar-refractivity contribution in [2.45, 2.75) is 13.0 Å². The summed E-state index contributed by atoms with van der Waals surface area (Å²) in [6.45, 7) is 6.69. The number of morpholine rings is 1. The fraction of sp³-hybridized carbons (Fsp3) is 0.467. The maximum absolute atomic E-state index is 5.80. The molecule has 1 saturated heterocycles. The van der Waals surface area contributed by atoms with Gasteiger partial charge in [-0.3, -0.25) is 4.90 Å². The van der Waals surface area contributed by atoms with E-state index in [1.54, 1.807) is 0 Å². The predicted octanol–water partition coefficient (Wildman–Crippen LogP) is 1.34. The van der Waals surface area contributed by atoms with Crippen molar-refractivity contribution in [2.24, 2.45) is 0 Å². The Hall–Kier alpha value is -1.92. The van der Waals surface area contributed by atoms with Crippen LogP contribution in [0.2, 0.25) is 0 Å². The summed E-state index contributed by atoms with van der Waals surface area (Å²) in [5.74, 6) is 1.06. The third-order valence-electron chi connectivity index (χ3n) is 3.79. The van der Waals surface area contributed by atoms with E-state index in [0.29, 0.717) is 0 Å². The van der Waals surface area contributed by atoms with E-state index in [9.17, 15) is 0 Å². The molecule has 6 heteroatoms. The first kappa shape index (κ1) is 14.0. The number of hydrogen-bond acceptors (Lipinski definition) is 6. The van der Waals surface area contributed by atoms with E-state index >= 15 is 0 Å². The van der Waals surface area contributed by atoms with Crippen molar-refractivity contribution >= 4 is 22.7 Å². The molecule has 0 aliphatic carbocycles. The van der Waals surface area contributed by atoms with Gasteiger partial charge in [-0.15, -0.1) is 0 Å². The van der Waals surface area contributed by atoms with Crippen LogP contribution in [0.3, 0.4) is 0 Å². The topological polar surface area (TPSA) is 76.3 Å². The normalized spacial score (nSPS) is 19.8. The van der Waals surface area contributed by atoms with Crippen LogP contribution in [0.25, 0.3) is 10.9 Å². The molecule has 6 nitrogen and oxygen atoms in total. The highest BCUT2D eigenvalue weighted by molar-refractivity contribution is 5.89. The number of nitrogen functional groups attached to an aromatic ring is 1. The lowest BCUT2D eigenvalue weighted by molar-refractivity contribution is -0.0192. The summed E-state index contributed by atoms with van der Waals surface area (Å²) >= 11 is 0. The van der Waals surface area contributed by atoms with Gasteiger partial charge in [0.2, 0.25) is 5.95 Å². The zero-order valence-electron chi connectivity index (χ0n) is 12.2. The molecule has 112 valence electrons. The third kappa shape index (κ3) is 3.22. The first-order valence-corrected chi connectivity index (χ1v) is 7.36. The van der Waals surface area contributed by atoms with E-state index in [0.717, 1.165) is 49.5 Å². The Morgan fingerprint density at radius 1 is 1.38 bits per heavy atom. The molecule has 1 fully saturated rings. The molecule has 1 unspecified atom stereocenters. The summed E-state index contributed by atoms with van der Waals surface area (Å²) in [4.78, 5) is 10.9. The minimum atomic E-state index is 0.175. The van der Waals surface area contributed by atoms with E-state index < -0.39 is 0 Å². The summed E-state index contributed by atoms with van der Waals surface area (Å²) in [6.07, 6.45) is 0.175. The van der Waals surface area contributed by atoms with Crippen molar-refractivity contribution in [1.82, 2.24) is 14.9 Å². The van der Waals surface area contributed by atoms with Crippen molar-refractivity contribution in [2.75, 3.05) is 43.8 Å². The van der Waals surface area contributed by atoms with Crippen LogP contribution in [0, 0.1) is 0 Å². The number of anilines is 2. The van der Waals surface area contributed by atoms with Crippen molar-refractivity contribution in [3.63, 3.8) is 0 Å². The molecule has 3 rings (SSSR count). The standard InChI is InChI=1S/C15H21N5O/c1-2-20-7-8-21-11(10-20)9-17-14-12-5-3-4-6-13(12)18-15(16)19-14/h3-6,11H,2,7-10H2,1H3,(H3,16,17,18,19). The number of rotatable bonds is 4. The van der Waals surface area contributed by atoms with Crippen LogP contribution in [-0.2, 0) is 4.74 Å². The van der Waals surface area contributed by atoms with Gasteiger partial charge >= 0.3 is 0 Å². The van der Waals surface area contributed by atoms with Crippen LogP contribution < -0.4 is 11.1 Å². The number of benzene rings is 1. The molecule has 1 aliphatic heterocycles. The van der Waals surface area contributed by atoms with E-state index in [1.165, 1.54) is 0 Å². The molecule has 1 aromatic heterocycles. The average molecular weight is 287 g/mol. The molecule has 2 heterocycles. The molecule has 0 spiro atoms. The maximum atomic E-state index is 5.80. The molecule has 3 N–H and O–H groups in total. The lowest BCUT2D eigenvalue weighted by Crippen LogP contribution is -2.45. The van der Waals surface area contributed by atoms with Crippen LogP contribution in [0.15, 0.2) is 24.3 Å². The number of para-hydroxylation sites is 1. The second-order valence-electron chi connectivity index (χ2n) is 5.21. The Labute approximate surface area is 124 Å². The number of aromatic nitrogens is 2. The summed E-state index contributed by atoms with van der Waals surface area (Å²) in [7, 11) is 0. The number of ether oxygens (including phenoxy) is 1. The van der Waals surface area contributed by atoms with E-state index in [2.05, 4.69) is 27.1 Å². The second kappa shape index (κ2) is 6.24. The molecule has 0 amide bonds. The average Bonchev–Trinajstić information content (AvgIpc) is 2.52. The Bertz CT molecular complexity index is 618. The van der Waals surface area contributed by atoms with Gasteiger partial charge in [0.25, 0.3) is 0 Å². The summed E-state index contributed by atoms with van der Waals surface area (Å²) in [5.41, 5.74) is 6.63. The quantitative estimate of drug-likeness (QED) is 0.884. The van der Waals surface area contributed by atoms with E-state index in [-0.39, 0.29) is 12.1 Å². The molecule has 0 radical (unpaired) electrons. The number of hydrogen-bond donors (Lipinski definition) is 2. The lowest BCUT2D eigenvalue weighted by atomic mass is 10.2. The second-order valence-corrected chi connectivity index (χ2v) is 5.21. The van der Waals surface area contributed by atoms with Gasteiger partial charge in [-0.05, 0) is 18.7 Å². The van der Waals surface area contributed by atoms with Crippen LogP contribution in [0.1, 0.15) is 6.92 Å². The number of nitrogens with one attached hydrogen (secondary N) is 1. The Balaban J connectivity index is 1.73. The van der Waals surface area contributed by atoms with Gasteiger partial charge < -0.3 is 15.8 Å². The van der Waals surface area contributed by atoms with Gasteiger partial charge in [0.05, 0.1) is 18.2 Å². The van der Waals surface area contributed by atoms with Crippen LogP contribution in [0.5, 0.6) is 0 Å². The highest BCUT2D eigenvalue weighted by Crippen LogP contribution is 2.21. The summed E-state index contributed by atoms with van der Waals surface area (Å²) < 4.78 is 5.80. The first-order chi connectivity index (χ1) is 10.3. The van der Waals surface area contributed by atoms with Gasteiger partial charge in [0, 0.05) is 25.0 Å². The number of nitrogens with two attached hydrogens (primary N) is 1. The summed E-state index contributed by atoms with van der Waals surface area (Å²) in [6, 6.07) is 7.86. The fourth-order valence-electron chi connectivity index (χ4n) is 2.63. The zero-order chi connectivity index (χ0) is 14.7. The largest absolute Gasteiger partial charge is 0.374 e. The Morgan fingerprint density at radius 3 is 3.10 bits per heavy atom. The smallest absolute Gasteiger partial charge is 0.222 e. The molecule has 0 saturated carbocycles. The molecule has 21 heavy (non-hydrogen) atoms. The van der Waals surface area contributed by atoms with Crippen molar-refractivity contribution < 1.29 is 4.74 Å². The van der Waals surface area contributed by atoms with E-state index in [1.807, 2.05) is 24.3 Å². The molecule has 1 aliphatic rings. The zero-order valence-corrected chi connectivity index (χ0v) is 12.2. The number of likely N-dealkylation sites (N-methyl/N-ethyl adjacent to an activating group) is 1. The Morgan fingerprint density at radius 2 is 2.24 bits per heavy atom. The minimum absolute atomic E-state index is 0.175. The van der Waals surface area contributed by atoms with Gasteiger partial charge in [0.15, 0.2) is 0 Å². The molecule has 1 atom stereocenters. The number of fused-ring (bicyclic) bond motifs is 1. The third-order valence-corrected chi connectivity index (χ3v) is 3.79. The molecule has 1 aromatic carbocycles. The van der Waals surface area contributed by atoms with Gasteiger partial charge in [0.1, 0.15) is 5.82 Å². The van der Waals surface area contributed by atoms with Crippen molar-refractivity contribution in [3.05, 3.63) is 24.3 Å². The van der Waals surface area contributed by atoms with Gasteiger partial charge in [-0.25, -0.2) is 4.98 Å². The molecular formula is C15H21N5O. The van der Waals surface area contributed by atoms with Gasteiger partial charge in [-0.2, -0.15) is 4.98 Å². The van der Waals surface area contributed by atoms with Crippen LogP contribution in [-0.4, -0.2) is 53.8 Å². The van der Waals surface area contributed by atoms with E-state index in [4.69, 9.17) is 10.5 Å². The maximum Gasteiger partial charge on any atom is 0.222 e. The predicted molar refractivity (Wildman–Crippen MR) is 84.3 cm³/mol. The van der Waals surface area contributed by atoms with Crippen molar-refractivity contribution in [1.29, 1.82) is 0 Å².